The van der Waals surface area contributed by atoms with Crippen molar-refractivity contribution in [2.45, 2.75) is 25.9 Å². The van der Waals surface area contributed by atoms with Crippen molar-refractivity contribution in [1.29, 1.82) is 0 Å². The summed E-state index contributed by atoms with van der Waals surface area (Å²) in [6, 6.07) is 9.10. The molecule has 7 heteroatoms. The number of fused-ring (bicyclic) bond motifs is 3. The third-order valence-electron chi connectivity index (χ3n) is 4.92. The van der Waals surface area contributed by atoms with Gasteiger partial charge in [-0.3, -0.25) is 14.8 Å². The molecule has 0 spiro atoms. The van der Waals surface area contributed by atoms with Gasteiger partial charge in [-0.2, -0.15) is 0 Å². The maximum absolute atomic E-state index is 4.86. The third-order valence-corrected chi connectivity index (χ3v) is 5.64. The molecule has 2 N–H and O–H groups in total. The Hall–Kier alpha value is -0.380. The molecule has 1 aromatic carbocycles. The topological polar surface area (TPSA) is 42.9 Å². The van der Waals surface area contributed by atoms with Crippen molar-refractivity contribution in [3.05, 3.63) is 34.3 Å². The molecule has 5 nitrogen and oxygen atoms in total. The summed E-state index contributed by atoms with van der Waals surface area (Å²) in [4.78, 5) is 10.0. The van der Waals surface area contributed by atoms with Crippen LogP contribution in [0.3, 0.4) is 0 Å². The summed E-state index contributed by atoms with van der Waals surface area (Å²) in [6.45, 7) is 12.0. The first-order valence-corrected chi connectivity index (χ1v) is 9.72. The fraction of sp³-hybridized carbons (Fsp3) is 0.611. The Bertz CT molecular complexity index is 574. The van der Waals surface area contributed by atoms with Crippen LogP contribution in [0.4, 0.5) is 0 Å². The van der Waals surface area contributed by atoms with Crippen LogP contribution in [0.5, 0.6) is 0 Å². The molecule has 0 amide bonds. The third kappa shape index (κ3) is 5.55. The summed E-state index contributed by atoms with van der Waals surface area (Å²) in [5, 5.41) is 6.91. The number of hydrogen-bond acceptors (Lipinski definition) is 3. The molecule has 2 unspecified atom stereocenters. The number of aliphatic imine (C=N–C) groups is 1. The average molecular weight is 522 g/mol. The normalized spacial score (nSPS) is 26.7. The molecule has 3 fully saturated rings. The molecular formula is C18H29BrIN5. The van der Waals surface area contributed by atoms with E-state index in [0.717, 1.165) is 30.1 Å². The van der Waals surface area contributed by atoms with Crippen LogP contribution in [0.25, 0.3) is 0 Å². The molecule has 0 aliphatic carbocycles. The van der Waals surface area contributed by atoms with E-state index in [0.29, 0.717) is 6.04 Å². The summed E-state index contributed by atoms with van der Waals surface area (Å²) in [5.41, 5.74) is 1.25. The number of guanidine groups is 1. The fourth-order valence-electron chi connectivity index (χ4n) is 3.52. The molecule has 0 aromatic heterocycles. The maximum Gasteiger partial charge on any atom is 0.191 e. The van der Waals surface area contributed by atoms with E-state index in [9.17, 15) is 0 Å². The van der Waals surface area contributed by atoms with Crippen LogP contribution < -0.4 is 10.6 Å². The van der Waals surface area contributed by atoms with E-state index in [1.165, 1.54) is 31.7 Å². The molecule has 3 saturated heterocycles. The van der Waals surface area contributed by atoms with Crippen LogP contribution in [0.1, 0.15) is 25.5 Å². The first kappa shape index (κ1) is 20.9. The first-order chi connectivity index (χ1) is 11.7. The summed E-state index contributed by atoms with van der Waals surface area (Å²) in [5.74, 6) is 0.901. The highest BCUT2D eigenvalue weighted by atomic mass is 127. The Labute approximate surface area is 176 Å². The highest BCUT2D eigenvalue weighted by Crippen LogP contribution is 2.22. The standard InChI is InChI=1S/C18H28BrN5.HI/c1-3-20-18(22-14(2)16-6-4-5-7-17(16)19)21-12-15-13-23-8-10-24(15)11-9-23;/h4-7,14-15H,3,8-13H2,1-2H3,(H2,20,21,22);1H. The molecule has 1 aromatic rings. The van der Waals surface area contributed by atoms with Crippen molar-refractivity contribution < 1.29 is 0 Å². The molecule has 2 atom stereocenters. The van der Waals surface area contributed by atoms with E-state index in [4.69, 9.17) is 4.99 Å². The minimum absolute atomic E-state index is 0. The summed E-state index contributed by atoms with van der Waals surface area (Å²) < 4.78 is 1.13. The molecule has 25 heavy (non-hydrogen) atoms. The lowest BCUT2D eigenvalue weighted by atomic mass is 10.1. The SMILES string of the molecule is CCNC(=NCC1CN2CCN1CC2)NC(C)c1ccccc1Br.I. The van der Waals surface area contributed by atoms with Crippen LogP contribution >= 0.6 is 39.9 Å². The minimum Gasteiger partial charge on any atom is -0.357 e. The summed E-state index contributed by atoms with van der Waals surface area (Å²) in [7, 11) is 0. The van der Waals surface area contributed by atoms with Crippen molar-refractivity contribution in [1.82, 2.24) is 20.4 Å². The van der Waals surface area contributed by atoms with Gasteiger partial charge in [-0.1, -0.05) is 34.1 Å². The van der Waals surface area contributed by atoms with E-state index < -0.39 is 0 Å². The molecule has 0 saturated carbocycles. The lowest BCUT2D eigenvalue weighted by Gasteiger charge is -2.47. The number of piperazine rings is 3. The van der Waals surface area contributed by atoms with Gasteiger partial charge in [-0.15, -0.1) is 24.0 Å². The molecule has 2 bridgehead atoms. The largest absolute Gasteiger partial charge is 0.357 e. The van der Waals surface area contributed by atoms with Gasteiger partial charge >= 0.3 is 0 Å². The Morgan fingerprint density at radius 3 is 2.60 bits per heavy atom. The number of nitrogens with zero attached hydrogens (tertiary/aromatic N) is 3. The molecular weight excluding hydrogens is 493 g/mol. The number of halogens is 2. The lowest BCUT2D eigenvalue weighted by molar-refractivity contribution is 0.0174. The van der Waals surface area contributed by atoms with Crippen molar-refractivity contribution >= 4 is 45.9 Å². The van der Waals surface area contributed by atoms with Crippen molar-refractivity contribution in [2.75, 3.05) is 45.8 Å². The smallest absolute Gasteiger partial charge is 0.191 e. The zero-order valence-electron chi connectivity index (χ0n) is 15.0. The van der Waals surface area contributed by atoms with E-state index in [2.05, 4.69) is 68.4 Å². The van der Waals surface area contributed by atoms with E-state index in [1.807, 2.05) is 6.07 Å². The van der Waals surface area contributed by atoms with Gasteiger partial charge in [0.1, 0.15) is 0 Å². The zero-order valence-corrected chi connectivity index (χ0v) is 19.0. The van der Waals surface area contributed by atoms with Crippen molar-refractivity contribution in [3.63, 3.8) is 0 Å². The molecule has 3 aliphatic rings. The monoisotopic (exact) mass is 521 g/mol. The lowest BCUT2D eigenvalue weighted by Crippen LogP contribution is -2.62. The Morgan fingerprint density at radius 1 is 1.28 bits per heavy atom. The predicted octanol–water partition coefficient (Wildman–Crippen LogP) is 2.68. The summed E-state index contributed by atoms with van der Waals surface area (Å²) in [6.07, 6.45) is 0. The van der Waals surface area contributed by atoms with E-state index >= 15 is 0 Å². The Kier molecular flexibility index (Phi) is 8.44. The summed E-state index contributed by atoms with van der Waals surface area (Å²) >= 11 is 3.64. The van der Waals surface area contributed by atoms with Gasteiger partial charge in [0.15, 0.2) is 5.96 Å². The second-order valence-corrected chi connectivity index (χ2v) is 7.45. The predicted molar refractivity (Wildman–Crippen MR) is 119 cm³/mol. The van der Waals surface area contributed by atoms with E-state index in [-0.39, 0.29) is 30.0 Å². The van der Waals surface area contributed by atoms with Gasteiger partial charge < -0.3 is 10.6 Å². The van der Waals surface area contributed by atoms with Gasteiger partial charge in [0, 0.05) is 49.8 Å². The first-order valence-electron chi connectivity index (χ1n) is 8.93. The van der Waals surface area contributed by atoms with Gasteiger partial charge in [0.05, 0.1) is 12.6 Å². The Morgan fingerprint density at radius 2 is 2.00 bits per heavy atom. The van der Waals surface area contributed by atoms with Crippen LogP contribution in [-0.4, -0.2) is 67.6 Å². The van der Waals surface area contributed by atoms with Crippen LogP contribution in [0.15, 0.2) is 33.7 Å². The number of nitrogens with one attached hydrogen (secondary N) is 2. The van der Waals surface area contributed by atoms with Crippen molar-refractivity contribution in [3.8, 4) is 0 Å². The van der Waals surface area contributed by atoms with Gasteiger partial charge in [0.25, 0.3) is 0 Å². The number of hydrogen-bond donors (Lipinski definition) is 2. The van der Waals surface area contributed by atoms with E-state index in [1.54, 1.807) is 0 Å². The Balaban J connectivity index is 0.00000225. The average Bonchev–Trinajstić information content (AvgIpc) is 2.61. The zero-order chi connectivity index (χ0) is 16.9. The molecule has 4 rings (SSSR count). The second kappa shape index (κ2) is 10.1. The van der Waals surface area contributed by atoms with Crippen LogP contribution in [0, 0.1) is 0 Å². The molecule has 3 aliphatic heterocycles. The minimum atomic E-state index is 0. The van der Waals surface area contributed by atoms with Gasteiger partial charge in [-0.05, 0) is 25.5 Å². The highest BCUT2D eigenvalue weighted by molar-refractivity contribution is 14.0. The quantitative estimate of drug-likeness (QED) is 0.355. The second-order valence-electron chi connectivity index (χ2n) is 6.60. The maximum atomic E-state index is 4.86. The highest BCUT2D eigenvalue weighted by Gasteiger charge is 2.31. The molecule has 0 radical (unpaired) electrons. The number of rotatable bonds is 5. The molecule has 3 heterocycles. The van der Waals surface area contributed by atoms with Gasteiger partial charge in [0.2, 0.25) is 0 Å². The molecule has 140 valence electrons. The fourth-order valence-corrected chi connectivity index (χ4v) is 4.15. The van der Waals surface area contributed by atoms with Crippen molar-refractivity contribution in [2.24, 2.45) is 4.99 Å². The van der Waals surface area contributed by atoms with Gasteiger partial charge in [-0.25, -0.2) is 0 Å². The van der Waals surface area contributed by atoms with Crippen LogP contribution in [0.2, 0.25) is 0 Å². The number of benzene rings is 1. The van der Waals surface area contributed by atoms with Crippen LogP contribution in [-0.2, 0) is 0 Å².